The van der Waals surface area contributed by atoms with Gasteiger partial charge in [-0.15, -0.1) is 11.3 Å². The van der Waals surface area contributed by atoms with E-state index in [4.69, 9.17) is 0 Å². The molecule has 0 unspecified atom stereocenters. The van der Waals surface area contributed by atoms with Crippen molar-refractivity contribution in [1.82, 2.24) is 14.9 Å². The first-order valence-corrected chi connectivity index (χ1v) is 11.0. The van der Waals surface area contributed by atoms with Crippen LogP contribution in [0.25, 0.3) is 10.2 Å². The fourth-order valence-electron chi connectivity index (χ4n) is 4.04. The summed E-state index contributed by atoms with van der Waals surface area (Å²) in [5.74, 6) is 0.465. The molecule has 2 aromatic heterocycles. The number of amides is 1. The Morgan fingerprint density at radius 1 is 1.34 bits per heavy atom. The molecule has 0 radical (unpaired) electrons. The van der Waals surface area contributed by atoms with E-state index in [1.807, 2.05) is 13.0 Å². The third-order valence-electron chi connectivity index (χ3n) is 6.00. The summed E-state index contributed by atoms with van der Waals surface area (Å²) in [7, 11) is 0. The average molecular weight is 410 g/mol. The quantitative estimate of drug-likeness (QED) is 0.706. The van der Waals surface area contributed by atoms with E-state index in [9.17, 15) is 9.59 Å². The van der Waals surface area contributed by atoms with Crippen molar-refractivity contribution >= 4 is 27.5 Å². The summed E-state index contributed by atoms with van der Waals surface area (Å²) in [5, 5.41) is 3.72. The van der Waals surface area contributed by atoms with Gasteiger partial charge in [0.1, 0.15) is 11.4 Å². The van der Waals surface area contributed by atoms with Crippen LogP contribution in [-0.2, 0) is 24.2 Å². The number of aromatic nitrogens is 2. The molecule has 1 aromatic carbocycles. The summed E-state index contributed by atoms with van der Waals surface area (Å²) in [6, 6.07) is 6.07. The van der Waals surface area contributed by atoms with Crippen molar-refractivity contribution in [3.8, 4) is 0 Å². The number of rotatable bonds is 4. The summed E-state index contributed by atoms with van der Waals surface area (Å²) in [5.41, 5.74) is 4.54. The predicted molar refractivity (Wildman–Crippen MR) is 118 cm³/mol. The van der Waals surface area contributed by atoms with Crippen LogP contribution in [0.3, 0.4) is 0 Å². The number of aryl methyl sites for hydroxylation is 3. The van der Waals surface area contributed by atoms with E-state index < -0.39 is 0 Å². The van der Waals surface area contributed by atoms with Gasteiger partial charge in [-0.25, -0.2) is 4.98 Å². The van der Waals surface area contributed by atoms with Crippen LogP contribution in [0.2, 0.25) is 0 Å². The number of carbonyl (C=O) groups is 1. The average Bonchev–Trinajstić information content (AvgIpc) is 3.04. The minimum Gasteiger partial charge on any atom is -0.348 e. The molecule has 0 saturated carbocycles. The number of benzene rings is 1. The SMILES string of the molecule is Cc1ccc([C@H](C)NC(=O)Cn2cnc3sc4c(c3c2=O)CC[C@H](C)C4)cc1C. The molecule has 2 atom stereocenters. The third kappa shape index (κ3) is 3.86. The summed E-state index contributed by atoms with van der Waals surface area (Å²) in [6.45, 7) is 8.33. The van der Waals surface area contributed by atoms with E-state index in [0.29, 0.717) is 5.92 Å². The minimum absolute atomic E-state index is 0.0159. The molecule has 1 aliphatic rings. The van der Waals surface area contributed by atoms with Gasteiger partial charge in [-0.1, -0.05) is 25.1 Å². The van der Waals surface area contributed by atoms with Gasteiger partial charge < -0.3 is 5.32 Å². The van der Waals surface area contributed by atoms with Crippen molar-refractivity contribution in [2.75, 3.05) is 0 Å². The first kappa shape index (κ1) is 19.8. The molecule has 0 spiro atoms. The van der Waals surface area contributed by atoms with E-state index in [1.165, 1.54) is 26.9 Å². The lowest BCUT2D eigenvalue weighted by atomic mass is 9.89. The highest BCUT2D eigenvalue weighted by atomic mass is 32.1. The molecular weight excluding hydrogens is 382 g/mol. The monoisotopic (exact) mass is 409 g/mol. The number of carbonyl (C=O) groups excluding carboxylic acids is 1. The second kappa shape index (κ2) is 7.75. The molecule has 1 amide bonds. The van der Waals surface area contributed by atoms with E-state index >= 15 is 0 Å². The van der Waals surface area contributed by atoms with E-state index in [2.05, 4.69) is 43.2 Å². The van der Waals surface area contributed by atoms with Crippen LogP contribution in [0, 0.1) is 19.8 Å². The molecule has 1 aliphatic carbocycles. The fraction of sp³-hybridized carbons (Fsp3) is 0.435. The second-order valence-corrected chi connectivity index (χ2v) is 9.43. The molecule has 4 rings (SSSR count). The largest absolute Gasteiger partial charge is 0.348 e. The van der Waals surface area contributed by atoms with Crippen molar-refractivity contribution in [2.45, 2.75) is 59.5 Å². The smallest absolute Gasteiger partial charge is 0.262 e. The maximum atomic E-state index is 13.1. The molecule has 6 heteroatoms. The van der Waals surface area contributed by atoms with Crippen LogP contribution >= 0.6 is 11.3 Å². The van der Waals surface area contributed by atoms with Crippen molar-refractivity contribution in [1.29, 1.82) is 0 Å². The Labute approximate surface area is 174 Å². The Hall–Kier alpha value is -2.47. The molecule has 0 bridgehead atoms. The first-order chi connectivity index (χ1) is 13.8. The standard InChI is InChI=1S/C23H27N3O2S/c1-13-5-8-18-19(9-13)29-22-21(18)23(28)26(12-24-22)11-20(27)25-16(4)17-7-6-14(2)15(3)10-17/h6-7,10,12-13,16H,5,8-9,11H2,1-4H3,(H,25,27)/t13-,16-/m0/s1. The number of hydrogen-bond donors (Lipinski definition) is 1. The van der Waals surface area contributed by atoms with Gasteiger partial charge >= 0.3 is 0 Å². The van der Waals surface area contributed by atoms with E-state index in [-0.39, 0.29) is 24.1 Å². The Morgan fingerprint density at radius 2 is 2.14 bits per heavy atom. The number of nitrogens with one attached hydrogen (secondary N) is 1. The lowest BCUT2D eigenvalue weighted by molar-refractivity contribution is -0.122. The zero-order valence-corrected chi connectivity index (χ0v) is 18.2. The summed E-state index contributed by atoms with van der Waals surface area (Å²) < 4.78 is 1.44. The van der Waals surface area contributed by atoms with Crippen molar-refractivity contribution in [3.05, 3.63) is 62.0 Å². The van der Waals surface area contributed by atoms with Gasteiger partial charge in [0.05, 0.1) is 17.8 Å². The molecule has 5 nitrogen and oxygen atoms in total. The van der Waals surface area contributed by atoms with Gasteiger partial charge in [0.25, 0.3) is 5.56 Å². The van der Waals surface area contributed by atoms with Crippen LogP contribution in [-0.4, -0.2) is 15.5 Å². The van der Waals surface area contributed by atoms with Crippen molar-refractivity contribution in [2.24, 2.45) is 5.92 Å². The van der Waals surface area contributed by atoms with Gasteiger partial charge in [0.2, 0.25) is 5.91 Å². The van der Waals surface area contributed by atoms with Gasteiger partial charge in [0.15, 0.2) is 0 Å². The summed E-state index contributed by atoms with van der Waals surface area (Å²) >= 11 is 1.63. The topological polar surface area (TPSA) is 64.0 Å². The Kier molecular flexibility index (Phi) is 5.30. The van der Waals surface area contributed by atoms with Crippen LogP contribution in [0.4, 0.5) is 0 Å². The molecule has 0 fully saturated rings. The molecular formula is C23H27N3O2S. The lowest BCUT2D eigenvalue weighted by Crippen LogP contribution is -2.34. The number of fused-ring (bicyclic) bond motifs is 3. The summed E-state index contributed by atoms with van der Waals surface area (Å²) in [4.78, 5) is 32.2. The zero-order chi connectivity index (χ0) is 20.7. The number of nitrogens with zero attached hydrogens (tertiary/aromatic N) is 2. The second-order valence-electron chi connectivity index (χ2n) is 8.34. The molecule has 0 aliphatic heterocycles. The fourth-order valence-corrected chi connectivity index (χ4v) is 5.38. The first-order valence-electron chi connectivity index (χ1n) is 10.2. The van der Waals surface area contributed by atoms with Crippen LogP contribution in [0.5, 0.6) is 0 Å². The van der Waals surface area contributed by atoms with Crippen LogP contribution in [0.15, 0.2) is 29.3 Å². The Balaban J connectivity index is 1.54. The lowest BCUT2D eigenvalue weighted by Gasteiger charge is -2.17. The van der Waals surface area contributed by atoms with Crippen molar-refractivity contribution < 1.29 is 4.79 Å². The van der Waals surface area contributed by atoms with Gasteiger partial charge in [-0.2, -0.15) is 0 Å². The maximum Gasteiger partial charge on any atom is 0.262 e. The maximum absolute atomic E-state index is 13.1. The third-order valence-corrected chi connectivity index (χ3v) is 7.17. The zero-order valence-electron chi connectivity index (χ0n) is 17.4. The predicted octanol–water partition coefficient (Wildman–Crippen LogP) is 4.08. The highest BCUT2D eigenvalue weighted by Gasteiger charge is 2.23. The van der Waals surface area contributed by atoms with E-state index in [0.717, 1.165) is 40.6 Å². The molecule has 1 N–H and O–H groups in total. The van der Waals surface area contributed by atoms with Crippen molar-refractivity contribution in [3.63, 3.8) is 0 Å². The molecule has 0 saturated heterocycles. The molecule has 3 aromatic rings. The number of thiophene rings is 1. The Morgan fingerprint density at radius 3 is 2.90 bits per heavy atom. The van der Waals surface area contributed by atoms with Gasteiger partial charge in [-0.05, 0) is 68.2 Å². The van der Waals surface area contributed by atoms with E-state index in [1.54, 1.807) is 11.3 Å². The van der Waals surface area contributed by atoms with Gasteiger partial charge in [0, 0.05) is 4.88 Å². The van der Waals surface area contributed by atoms with Crippen LogP contribution < -0.4 is 10.9 Å². The van der Waals surface area contributed by atoms with Crippen LogP contribution in [0.1, 0.15) is 53.4 Å². The Bertz CT molecular complexity index is 1140. The molecule has 152 valence electrons. The van der Waals surface area contributed by atoms with Gasteiger partial charge in [-0.3, -0.25) is 14.2 Å². The summed E-state index contributed by atoms with van der Waals surface area (Å²) in [6.07, 6.45) is 4.55. The molecule has 2 heterocycles. The normalized spacial score (nSPS) is 17.2. The highest BCUT2D eigenvalue weighted by Crippen LogP contribution is 2.35. The molecule has 29 heavy (non-hydrogen) atoms. The number of hydrogen-bond acceptors (Lipinski definition) is 4. The minimum atomic E-state index is -0.184. The highest BCUT2D eigenvalue weighted by molar-refractivity contribution is 7.18.